The number of hydrogen-bond donors (Lipinski definition) is 0. The molecule has 0 atom stereocenters. The summed E-state index contributed by atoms with van der Waals surface area (Å²) in [5.74, 6) is 1.68. The van der Waals surface area contributed by atoms with Gasteiger partial charge in [0.2, 0.25) is 0 Å². The predicted octanol–water partition coefficient (Wildman–Crippen LogP) is 8.08. The Bertz CT molecular complexity index is 759. The molecule has 1 aliphatic carbocycles. The molecule has 1 fully saturated rings. The van der Waals surface area contributed by atoms with Crippen molar-refractivity contribution >= 4 is 0 Å². The van der Waals surface area contributed by atoms with Gasteiger partial charge in [0.25, 0.3) is 0 Å². The van der Waals surface area contributed by atoms with Gasteiger partial charge in [0.15, 0.2) is 0 Å². The second-order valence-corrected chi connectivity index (χ2v) is 8.27. The third-order valence-corrected chi connectivity index (χ3v) is 6.21. The van der Waals surface area contributed by atoms with E-state index < -0.39 is 0 Å². The molecule has 2 aromatic carbocycles. The van der Waals surface area contributed by atoms with Crippen LogP contribution in [0.15, 0.2) is 72.8 Å². The Morgan fingerprint density at radius 3 is 2.03 bits per heavy atom. The Balaban J connectivity index is 1.51. The van der Waals surface area contributed by atoms with Crippen molar-refractivity contribution in [3.05, 3.63) is 84.0 Å². The van der Waals surface area contributed by atoms with Crippen LogP contribution in [0, 0.1) is 5.92 Å². The summed E-state index contributed by atoms with van der Waals surface area (Å²) in [6.07, 6.45) is 16.6. The van der Waals surface area contributed by atoms with Crippen LogP contribution in [0.3, 0.4) is 0 Å². The third-order valence-electron chi connectivity index (χ3n) is 6.21. The van der Waals surface area contributed by atoms with E-state index in [0.717, 1.165) is 11.8 Å². The summed E-state index contributed by atoms with van der Waals surface area (Å²) >= 11 is 0. The molecule has 29 heavy (non-hydrogen) atoms. The molecule has 0 saturated heterocycles. The first-order chi connectivity index (χ1) is 14.3. The van der Waals surface area contributed by atoms with Gasteiger partial charge in [-0.3, -0.25) is 0 Å². The smallest absolute Gasteiger partial charge is 0.0721 e. The first kappa shape index (κ1) is 21.6. The fourth-order valence-corrected chi connectivity index (χ4v) is 4.37. The van der Waals surface area contributed by atoms with Crippen molar-refractivity contribution in [3.8, 4) is 11.1 Å². The van der Waals surface area contributed by atoms with E-state index in [2.05, 4.69) is 67.6 Å². The summed E-state index contributed by atoms with van der Waals surface area (Å²) in [7, 11) is 0. The van der Waals surface area contributed by atoms with Crippen molar-refractivity contribution in [3.63, 3.8) is 0 Å². The Hall–Kier alpha value is -2.12. The maximum Gasteiger partial charge on any atom is 0.0721 e. The number of allylic oxidation sites excluding steroid dienone is 3. The van der Waals surface area contributed by atoms with E-state index in [1.54, 1.807) is 0 Å². The number of hydrogen-bond acceptors (Lipinski definition) is 1. The Labute approximate surface area is 177 Å². The molecule has 1 heteroatoms. The zero-order valence-electron chi connectivity index (χ0n) is 18.1. The minimum atomic E-state index is 0.668. The average Bonchev–Trinajstić information content (AvgIpc) is 2.78. The summed E-state index contributed by atoms with van der Waals surface area (Å²) < 4.78 is 5.63. The van der Waals surface area contributed by atoms with E-state index in [0.29, 0.717) is 13.2 Å². The molecule has 0 aromatic heterocycles. The second kappa shape index (κ2) is 11.8. The van der Waals surface area contributed by atoms with Crippen LogP contribution in [0.5, 0.6) is 0 Å². The van der Waals surface area contributed by atoms with Crippen LogP contribution >= 0.6 is 0 Å². The summed E-state index contributed by atoms with van der Waals surface area (Å²) in [5, 5.41) is 0. The highest BCUT2D eigenvalue weighted by Crippen LogP contribution is 2.38. The first-order valence-electron chi connectivity index (χ1n) is 11.3. The van der Waals surface area contributed by atoms with Crippen LogP contribution in [0.25, 0.3) is 11.1 Å². The fourth-order valence-electron chi connectivity index (χ4n) is 4.37. The molecule has 1 saturated carbocycles. The van der Waals surface area contributed by atoms with Gasteiger partial charge in [-0.2, -0.15) is 0 Å². The molecule has 0 amide bonds. The molecule has 0 unspecified atom stereocenters. The summed E-state index contributed by atoms with van der Waals surface area (Å²) in [6.45, 7) is 5.48. The van der Waals surface area contributed by atoms with E-state index in [9.17, 15) is 0 Å². The molecule has 0 radical (unpaired) electrons. The maximum absolute atomic E-state index is 5.63. The zero-order chi connectivity index (χ0) is 20.3. The lowest BCUT2D eigenvalue weighted by Gasteiger charge is -2.28. The van der Waals surface area contributed by atoms with Crippen LogP contribution in [-0.2, 0) is 11.3 Å². The van der Waals surface area contributed by atoms with Crippen molar-refractivity contribution in [1.82, 2.24) is 0 Å². The van der Waals surface area contributed by atoms with Crippen molar-refractivity contribution in [1.29, 1.82) is 0 Å². The van der Waals surface area contributed by atoms with Gasteiger partial charge in [-0.1, -0.05) is 72.8 Å². The summed E-state index contributed by atoms with van der Waals surface area (Å²) in [4.78, 5) is 0. The van der Waals surface area contributed by atoms with E-state index in [1.807, 2.05) is 19.1 Å². The van der Waals surface area contributed by atoms with Gasteiger partial charge in [-0.05, 0) is 86.5 Å². The molecule has 0 heterocycles. The van der Waals surface area contributed by atoms with Crippen molar-refractivity contribution in [2.45, 2.75) is 64.9 Å². The molecule has 154 valence electrons. The van der Waals surface area contributed by atoms with Crippen LogP contribution in [0.4, 0.5) is 0 Å². The van der Waals surface area contributed by atoms with Gasteiger partial charge in [-0.25, -0.2) is 0 Å². The van der Waals surface area contributed by atoms with Crippen LogP contribution in [0.2, 0.25) is 0 Å². The molecule has 2 aromatic rings. The van der Waals surface area contributed by atoms with Gasteiger partial charge < -0.3 is 4.74 Å². The molecule has 0 bridgehead atoms. The fraction of sp³-hybridized carbons (Fsp3) is 0.429. The molecule has 0 aliphatic heterocycles. The van der Waals surface area contributed by atoms with E-state index in [4.69, 9.17) is 4.74 Å². The van der Waals surface area contributed by atoms with Crippen molar-refractivity contribution in [2.75, 3.05) is 6.61 Å². The zero-order valence-corrected chi connectivity index (χ0v) is 18.1. The molecular formula is C28H36O. The SMILES string of the molecule is CC=CCOCc1ccc(-c2ccc(C3CCC(CC/C=C/C)CC3)cc2)cc1. The number of ether oxygens (including phenoxy) is 1. The highest BCUT2D eigenvalue weighted by Gasteiger charge is 2.21. The molecule has 1 nitrogen and oxygen atoms in total. The summed E-state index contributed by atoms with van der Waals surface area (Å²) in [5.41, 5.74) is 5.33. The lowest BCUT2D eigenvalue weighted by Crippen LogP contribution is -2.13. The number of rotatable bonds is 9. The van der Waals surface area contributed by atoms with Gasteiger partial charge in [0.05, 0.1) is 13.2 Å². The Kier molecular flexibility index (Phi) is 8.77. The standard InChI is InChI=1S/C28H36O/c1-3-5-7-8-23-9-13-25(14-10-23)27-17-19-28(20-18-27)26-15-11-24(12-16-26)22-29-21-6-4-2/h3-6,11-12,15-20,23,25H,7-10,13-14,21-22H2,1-2H3/b5-3+,6-4?. The van der Waals surface area contributed by atoms with E-state index in [-0.39, 0.29) is 0 Å². The van der Waals surface area contributed by atoms with Crippen LogP contribution in [0.1, 0.15) is 69.4 Å². The minimum Gasteiger partial charge on any atom is -0.373 e. The molecule has 0 spiro atoms. The van der Waals surface area contributed by atoms with Gasteiger partial charge >= 0.3 is 0 Å². The second-order valence-electron chi connectivity index (χ2n) is 8.27. The molecule has 0 N–H and O–H groups in total. The van der Waals surface area contributed by atoms with Gasteiger partial charge in [-0.15, -0.1) is 0 Å². The van der Waals surface area contributed by atoms with Crippen molar-refractivity contribution in [2.24, 2.45) is 5.92 Å². The van der Waals surface area contributed by atoms with Gasteiger partial charge in [0, 0.05) is 0 Å². The van der Waals surface area contributed by atoms with Crippen LogP contribution in [-0.4, -0.2) is 6.61 Å². The highest BCUT2D eigenvalue weighted by atomic mass is 16.5. The predicted molar refractivity (Wildman–Crippen MR) is 125 cm³/mol. The van der Waals surface area contributed by atoms with Crippen molar-refractivity contribution < 1.29 is 4.74 Å². The quantitative estimate of drug-likeness (QED) is 0.311. The average molecular weight is 389 g/mol. The molecule has 1 aliphatic rings. The maximum atomic E-state index is 5.63. The highest BCUT2D eigenvalue weighted by molar-refractivity contribution is 5.64. The summed E-state index contributed by atoms with van der Waals surface area (Å²) in [6, 6.07) is 18.1. The number of benzene rings is 2. The lowest BCUT2D eigenvalue weighted by molar-refractivity contribution is 0.148. The largest absolute Gasteiger partial charge is 0.373 e. The normalized spacial score (nSPS) is 19.9. The van der Waals surface area contributed by atoms with Crippen LogP contribution < -0.4 is 0 Å². The Morgan fingerprint density at radius 1 is 0.793 bits per heavy atom. The minimum absolute atomic E-state index is 0.668. The molecule has 3 rings (SSSR count). The first-order valence-corrected chi connectivity index (χ1v) is 11.3. The monoisotopic (exact) mass is 388 g/mol. The van der Waals surface area contributed by atoms with Gasteiger partial charge in [0.1, 0.15) is 0 Å². The lowest BCUT2D eigenvalue weighted by atomic mass is 9.77. The third kappa shape index (κ3) is 6.72. The molecular weight excluding hydrogens is 352 g/mol. The van der Waals surface area contributed by atoms with E-state index in [1.165, 1.54) is 60.8 Å². The Morgan fingerprint density at radius 2 is 1.41 bits per heavy atom. The van der Waals surface area contributed by atoms with E-state index >= 15 is 0 Å². The topological polar surface area (TPSA) is 9.23 Å².